The maximum atomic E-state index is 10.1. The number of ether oxygens (including phenoxy) is 2. The molecule has 1 fully saturated rings. The first-order valence-electron chi connectivity index (χ1n) is 6.32. The molecule has 0 unspecified atom stereocenters. The lowest BCUT2D eigenvalue weighted by atomic mass is 10.2. The van der Waals surface area contributed by atoms with E-state index in [4.69, 9.17) is 14.0 Å². The maximum Gasteiger partial charge on any atom is 0.266 e. The smallest absolute Gasteiger partial charge is 0.266 e. The minimum atomic E-state index is -0.00724. The second kappa shape index (κ2) is 5.38. The van der Waals surface area contributed by atoms with Crippen molar-refractivity contribution < 1.29 is 19.1 Å². The Morgan fingerprint density at radius 3 is 2.85 bits per heavy atom. The molecule has 1 aromatic carbocycles. The highest BCUT2D eigenvalue weighted by Gasteiger charge is 2.20. The van der Waals surface area contributed by atoms with Crippen LogP contribution < -0.4 is 9.64 Å². The SMILES string of the molecule is COc1cccc(-c2nc(N3CCOCC3)no2)c1O. The number of para-hydroxylation sites is 1. The minimum absolute atomic E-state index is 0.00724. The topological polar surface area (TPSA) is 80.9 Å². The number of hydrogen-bond donors (Lipinski definition) is 1. The third-order valence-electron chi connectivity index (χ3n) is 3.16. The molecule has 1 saturated heterocycles. The Balaban J connectivity index is 1.90. The summed E-state index contributed by atoms with van der Waals surface area (Å²) in [7, 11) is 1.49. The van der Waals surface area contributed by atoms with Gasteiger partial charge in [-0.1, -0.05) is 6.07 Å². The monoisotopic (exact) mass is 277 g/mol. The van der Waals surface area contributed by atoms with Gasteiger partial charge < -0.3 is 24.0 Å². The number of phenols is 1. The highest BCUT2D eigenvalue weighted by atomic mass is 16.5. The average molecular weight is 277 g/mol. The molecule has 1 aliphatic heterocycles. The second-order valence-corrected chi connectivity index (χ2v) is 4.36. The number of hydrogen-bond acceptors (Lipinski definition) is 7. The van der Waals surface area contributed by atoms with Gasteiger partial charge in [0.2, 0.25) is 0 Å². The van der Waals surface area contributed by atoms with Crippen LogP contribution in [-0.2, 0) is 4.74 Å². The lowest BCUT2D eigenvalue weighted by molar-refractivity contribution is 0.121. The van der Waals surface area contributed by atoms with Gasteiger partial charge in [0.05, 0.1) is 25.9 Å². The summed E-state index contributed by atoms with van der Waals surface area (Å²) in [5, 5.41) is 14.0. The molecule has 0 radical (unpaired) electrons. The van der Waals surface area contributed by atoms with E-state index in [1.807, 2.05) is 4.90 Å². The van der Waals surface area contributed by atoms with Crippen LogP contribution in [0.15, 0.2) is 22.7 Å². The van der Waals surface area contributed by atoms with Crippen LogP contribution in [0.1, 0.15) is 0 Å². The zero-order chi connectivity index (χ0) is 13.9. The molecule has 0 aliphatic carbocycles. The molecule has 0 amide bonds. The molecule has 2 aromatic rings. The molecule has 7 nitrogen and oxygen atoms in total. The molecule has 0 saturated carbocycles. The predicted octanol–water partition coefficient (Wildman–Crippen LogP) is 1.29. The molecule has 1 aliphatic rings. The van der Waals surface area contributed by atoms with E-state index in [1.165, 1.54) is 7.11 Å². The van der Waals surface area contributed by atoms with E-state index in [0.29, 0.717) is 30.5 Å². The number of anilines is 1. The predicted molar refractivity (Wildman–Crippen MR) is 71.0 cm³/mol. The average Bonchev–Trinajstić information content (AvgIpc) is 2.98. The van der Waals surface area contributed by atoms with Crippen LogP contribution in [-0.4, -0.2) is 48.7 Å². The van der Waals surface area contributed by atoms with Crippen molar-refractivity contribution in [3.05, 3.63) is 18.2 Å². The fourth-order valence-electron chi connectivity index (χ4n) is 2.08. The van der Waals surface area contributed by atoms with Crippen LogP contribution in [0.3, 0.4) is 0 Å². The fourth-order valence-corrected chi connectivity index (χ4v) is 2.08. The number of methoxy groups -OCH3 is 1. The second-order valence-electron chi connectivity index (χ2n) is 4.36. The van der Waals surface area contributed by atoms with Gasteiger partial charge in [-0.05, 0) is 17.3 Å². The lowest BCUT2D eigenvalue weighted by Crippen LogP contribution is -2.36. The van der Waals surface area contributed by atoms with Crippen molar-refractivity contribution in [2.24, 2.45) is 0 Å². The Morgan fingerprint density at radius 1 is 1.30 bits per heavy atom. The van der Waals surface area contributed by atoms with Crippen LogP contribution in [0.4, 0.5) is 5.95 Å². The maximum absolute atomic E-state index is 10.1. The molecular formula is C13H15N3O4. The number of morpholine rings is 1. The van der Waals surface area contributed by atoms with E-state index >= 15 is 0 Å². The van der Waals surface area contributed by atoms with Gasteiger partial charge in [0.25, 0.3) is 11.8 Å². The summed E-state index contributed by atoms with van der Waals surface area (Å²) in [6.45, 7) is 2.74. The highest BCUT2D eigenvalue weighted by molar-refractivity contribution is 5.67. The molecular weight excluding hydrogens is 262 g/mol. The number of rotatable bonds is 3. The summed E-state index contributed by atoms with van der Waals surface area (Å²) < 4.78 is 15.6. The molecule has 1 N–H and O–H groups in total. The van der Waals surface area contributed by atoms with Crippen LogP contribution in [0, 0.1) is 0 Å². The molecule has 106 valence electrons. The van der Waals surface area contributed by atoms with Crippen LogP contribution >= 0.6 is 0 Å². The number of aromatic nitrogens is 2. The van der Waals surface area contributed by atoms with Crippen molar-refractivity contribution in [1.29, 1.82) is 0 Å². The van der Waals surface area contributed by atoms with E-state index in [2.05, 4.69) is 10.1 Å². The van der Waals surface area contributed by atoms with Gasteiger partial charge in [0.15, 0.2) is 11.5 Å². The van der Waals surface area contributed by atoms with E-state index < -0.39 is 0 Å². The van der Waals surface area contributed by atoms with Gasteiger partial charge in [0.1, 0.15) is 0 Å². The number of nitrogens with zero attached hydrogens (tertiary/aromatic N) is 3. The standard InChI is InChI=1S/C13H15N3O4/c1-18-10-4-2-3-9(11(10)17)12-14-13(15-20-12)16-5-7-19-8-6-16/h2-4,17H,5-8H2,1H3. The van der Waals surface area contributed by atoms with Gasteiger partial charge in [-0.3, -0.25) is 0 Å². The zero-order valence-electron chi connectivity index (χ0n) is 11.1. The van der Waals surface area contributed by atoms with Crippen molar-refractivity contribution in [2.45, 2.75) is 0 Å². The molecule has 2 heterocycles. The van der Waals surface area contributed by atoms with Gasteiger partial charge in [-0.2, -0.15) is 4.98 Å². The van der Waals surface area contributed by atoms with Gasteiger partial charge in [-0.15, -0.1) is 0 Å². The molecule has 3 rings (SSSR count). The molecule has 1 aromatic heterocycles. The Labute approximate surface area is 115 Å². The Kier molecular flexibility index (Phi) is 3.42. The van der Waals surface area contributed by atoms with Crippen LogP contribution in [0.5, 0.6) is 11.5 Å². The summed E-state index contributed by atoms with van der Waals surface area (Å²) in [5.41, 5.74) is 0.455. The van der Waals surface area contributed by atoms with Crippen molar-refractivity contribution in [3.8, 4) is 23.0 Å². The fraction of sp³-hybridized carbons (Fsp3) is 0.385. The minimum Gasteiger partial charge on any atom is -0.504 e. The Morgan fingerprint density at radius 2 is 2.10 bits per heavy atom. The van der Waals surface area contributed by atoms with Crippen molar-refractivity contribution >= 4 is 5.95 Å². The number of phenolic OH excluding ortho intramolecular Hbond substituents is 1. The lowest BCUT2D eigenvalue weighted by Gasteiger charge is -2.24. The molecule has 0 bridgehead atoms. The third-order valence-corrected chi connectivity index (χ3v) is 3.16. The Bertz CT molecular complexity index is 593. The van der Waals surface area contributed by atoms with Crippen molar-refractivity contribution in [1.82, 2.24) is 10.1 Å². The molecule has 0 atom stereocenters. The summed E-state index contributed by atoms with van der Waals surface area (Å²) in [5.74, 6) is 1.13. The summed E-state index contributed by atoms with van der Waals surface area (Å²) in [6, 6.07) is 5.12. The molecule has 7 heteroatoms. The summed E-state index contributed by atoms with van der Waals surface area (Å²) >= 11 is 0. The quantitative estimate of drug-likeness (QED) is 0.905. The highest BCUT2D eigenvalue weighted by Crippen LogP contribution is 2.36. The summed E-state index contributed by atoms with van der Waals surface area (Å²) in [4.78, 5) is 6.30. The van der Waals surface area contributed by atoms with Crippen molar-refractivity contribution in [3.63, 3.8) is 0 Å². The normalized spacial score (nSPS) is 15.3. The van der Waals surface area contributed by atoms with E-state index in [0.717, 1.165) is 13.1 Å². The van der Waals surface area contributed by atoms with Gasteiger partial charge in [-0.25, -0.2) is 0 Å². The summed E-state index contributed by atoms with van der Waals surface area (Å²) in [6.07, 6.45) is 0. The molecule has 0 spiro atoms. The molecule has 20 heavy (non-hydrogen) atoms. The largest absolute Gasteiger partial charge is 0.504 e. The first-order valence-corrected chi connectivity index (χ1v) is 6.32. The van der Waals surface area contributed by atoms with Crippen LogP contribution in [0.2, 0.25) is 0 Å². The first kappa shape index (κ1) is 12.7. The first-order chi connectivity index (χ1) is 9.79. The zero-order valence-corrected chi connectivity index (χ0v) is 11.1. The van der Waals surface area contributed by atoms with E-state index in [9.17, 15) is 5.11 Å². The van der Waals surface area contributed by atoms with Crippen LogP contribution in [0.25, 0.3) is 11.5 Å². The number of aromatic hydroxyl groups is 1. The van der Waals surface area contributed by atoms with Crippen molar-refractivity contribution in [2.75, 3.05) is 38.3 Å². The third kappa shape index (κ3) is 2.27. The van der Waals surface area contributed by atoms with E-state index in [-0.39, 0.29) is 11.6 Å². The number of benzene rings is 1. The van der Waals surface area contributed by atoms with Gasteiger partial charge >= 0.3 is 0 Å². The van der Waals surface area contributed by atoms with E-state index in [1.54, 1.807) is 18.2 Å². The Hall–Kier alpha value is -2.28. The van der Waals surface area contributed by atoms with Gasteiger partial charge in [0, 0.05) is 13.1 Å².